The van der Waals surface area contributed by atoms with Crippen LogP contribution in [0.4, 0.5) is 5.69 Å². The molecule has 1 aliphatic heterocycles. The van der Waals surface area contributed by atoms with Gasteiger partial charge in [-0.2, -0.15) is 0 Å². The molecule has 1 unspecified atom stereocenters. The predicted octanol–water partition coefficient (Wildman–Crippen LogP) is 2.71. The Morgan fingerprint density at radius 2 is 2.24 bits per heavy atom. The molecule has 0 radical (unpaired) electrons. The van der Waals surface area contributed by atoms with Crippen LogP contribution in [0.25, 0.3) is 11.4 Å². The number of nitrogens with two attached hydrogens (primary N) is 1. The fourth-order valence-corrected chi connectivity index (χ4v) is 2.84. The van der Waals surface area contributed by atoms with E-state index in [1.54, 1.807) is 12.1 Å². The van der Waals surface area contributed by atoms with Crippen LogP contribution < -0.4 is 5.73 Å². The van der Waals surface area contributed by atoms with Gasteiger partial charge in [-0.15, -0.1) is 5.10 Å². The Hall–Kier alpha value is -1.66. The Kier molecular flexibility index (Phi) is 3.59. The van der Waals surface area contributed by atoms with Crippen LogP contribution in [0, 0.1) is 0 Å². The van der Waals surface area contributed by atoms with Gasteiger partial charge in [0.1, 0.15) is 0 Å². The fourth-order valence-electron chi connectivity index (χ4n) is 2.72. The number of nitrogens with zero attached hydrogens (tertiary/aromatic N) is 4. The number of anilines is 1. The van der Waals surface area contributed by atoms with E-state index in [2.05, 4.69) is 29.4 Å². The van der Waals surface area contributed by atoms with Crippen molar-refractivity contribution in [2.75, 3.05) is 12.3 Å². The zero-order valence-corrected chi connectivity index (χ0v) is 12.8. The summed E-state index contributed by atoms with van der Waals surface area (Å²) in [4.78, 5) is 0. The molecule has 0 bridgehead atoms. The number of hydrogen-bond donors (Lipinski definition) is 1. The van der Waals surface area contributed by atoms with E-state index in [1.807, 2.05) is 10.7 Å². The molecular formula is C14H18ClN5O. The number of tetrazole rings is 1. The highest BCUT2D eigenvalue weighted by molar-refractivity contribution is 6.33. The zero-order valence-electron chi connectivity index (χ0n) is 12.1. The van der Waals surface area contributed by atoms with Crippen LogP contribution >= 0.6 is 11.6 Å². The summed E-state index contributed by atoms with van der Waals surface area (Å²) in [6.07, 6.45) is 1.76. The molecule has 2 aromatic rings. The quantitative estimate of drug-likeness (QED) is 0.863. The average molecular weight is 308 g/mol. The molecule has 1 fully saturated rings. The van der Waals surface area contributed by atoms with Gasteiger partial charge in [-0.05, 0) is 55.3 Å². The minimum Gasteiger partial charge on any atom is -0.398 e. The minimum absolute atomic E-state index is 0.162. The van der Waals surface area contributed by atoms with E-state index in [-0.39, 0.29) is 11.6 Å². The Balaban J connectivity index is 1.95. The van der Waals surface area contributed by atoms with E-state index in [0.717, 1.165) is 18.4 Å². The summed E-state index contributed by atoms with van der Waals surface area (Å²) in [5.41, 5.74) is 7.10. The Morgan fingerprint density at radius 1 is 1.43 bits per heavy atom. The summed E-state index contributed by atoms with van der Waals surface area (Å²) in [6.45, 7) is 4.88. The van der Waals surface area contributed by atoms with Crippen LogP contribution in [0.2, 0.25) is 5.02 Å². The van der Waals surface area contributed by atoms with E-state index >= 15 is 0 Å². The molecular weight excluding hydrogens is 290 g/mol. The lowest BCUT2D eigenvalue weighted by Crippen LogP contribution is -2.35. The van der Waals surface area contributed by atoms with Gasteiger partial charge < -0.3 is 10.5 Å². The van der Waals surface area contributed by atoms with Gasteiger partial charge in [0.2, 0.25) is 0 Å². The van der Waals surface area contributed by atoms with Gasteiger partial charge in [-0.25, -0.2) is 4.68 Å². The molecule has 6 nitrogen and oxygen atoms in total. The lowest BCUT2D eigenvalue weighted by molar-refractivity contribution is -0.0707. The van der Waals surface area contributed by atoms with Crippen LogP contribution in [0.1, 0.15) is 32.7 Å². The van der Waals surface area contributed by atoms with Crippen LogP contribution in [0.15, 0.2) is 18.2 Å². The summed E-state index contributed by atoms with van der Waals surface area (Å²) >= 11 is 5.97. The summed E-state index contributed by atoms with van der Waals surface area (Å²) in [5, 5.41) is 12.7. The highest BCUT2D eigenvalue weighted by atomic mass is 35.5. The van der Waals surface area contributed by atoms with Crippen LogP contribution in [0.5, 0.6) is 0 Å². The van der Waals surface area contributed by atoms with E-state index in [1.165, 1.54) is 0 Å². The molecule has 1 aromatic heterocycles. The van der Waals surface area contributed by atoms with E-state index in [9.17, 15) is 0 Å². The number of halogens is 1. The largest absolute Gasteiger partial charge is 0.398 e. The molecule has 112 valence electrons. The summed E-state index contributed by atoms with van der Waals surface area (Å²) in [6, 6.07) is 5.66. The smallest absolute Gasteiger partial charge is 0.182 e. The first-order chi connectivity index (χ1) is 9.96. The van der Waals surface area contributed by atoms with Crippen molar-refractivity contribution >= 4 is 17.3 Å². The van der Waals surface area contributed by atoms with Crippen LogP contribution in [-0.2, 0) is 4.74 Å². The normalized spacial score (nSPS) is 21.4. The van der Waals surface area contributed by atoms with Gasteiger partial charge >= 0.3 is 0 Å². The average Bonchev–Trinajstić information content (AvgIpc) is 2.90. The van der Waals surface area contributed by atoms with Crippen molar-refractivity contribution < 1.29 is 4.74 Å². The molecule has 1 aromatic carbocycles. The molecule has 1 saturated heterocycles. The van der Waals surface area contributed by atoms with Crippen molar-refractivity contribution in [3.05, 3.63) is 23.2 Å². The van der Waals surface area contributed by atoms with E-state index < -0.39 is 0 Å². The molecule has 1 atom stereocenters. The number of aromatic nitrogens is 4. The SMILES string of the molecule is CC1(C)CC(n2nnnc2-c2ccc(Cl)c(N)c2)CCO1. The van der Waals surface area contributed by atoms with E-state index in [0.29, 0.717) is 23.1 Å². The fraction of sp³-hybridized carbons (Fsp3) is 0.500. The maximum atomic E-state index is 5.97. The molecule has 0 saturated carbocycles. The van der Waals surface area contributed by atoms with Gasteiger partial charge in [0.25, 0.3) is 0 Å². The second-order valence-electron chi connectivity index (χ2n) is 5.94. The molecule has 7 heteroatoms. The van der Waals surface area contributed by atoms with Gasteiger partial charge in [0.05, 0.1) is 22.4 Å². The highest BCUT2D eigenvalue weighted by Gasteiger charge is 2.32. The van der Waals surface area contributed by atoms with E-state index in [4.69, 9.17) is 22.1 Å². The maximum Gasteiger partial charge on any atom is 0.182 e. The summed E-state index contributed by atoms with van der Waals surface area (Å²) < 4.78 is 7.62. The Labute approximate surface area is 128 Å². The van der Waals surface area contributed by atoms with Crippen molar-refractivity contribution in [1.82, 2.24) is 20.2 Å². The third kappa shape index (κ3) is 2.87. The maximum absolute atomic E-state index is 5.97. The highest BCUT2D eigenvalue weighted by Crippen LogP contribution is 2.34. The lowest BCUT2D eigenvalue weighted by Gasteiger charge is -2.35. The molecule has 3 rings (SSSR count). The first-order valence-corrected chi connectivity index (χ1v) is 7.31. The molecule has 0 amide bonds. The van der Waals surface area contributed by atoms with Gasteiger partial charge in [0, 0.05) is 12.2 Å². The first kappa shape index (κ1) is 14.3. The standard InChI is InChI=1S/C14H18ClN5O/c1-14(2)8-10(5-6-21-14)20-13(17-18-19-20)9-3-4-11(15)12(16)7-9/h3-4,7,10H,5-6,8,16H2,1-2H3. The van der Waals surface area contributed by atoms with Gasteiger partial charge in [0.15, 0.2) is 5.82 Å². The molecule has 1 aliphatic rings. The van der Waals surface area contributed by atoms with Crippen LogP contribution in [0.3, 0.4) is 0 Å². The first-order valence-electron chi connectivity index (χ1n) is 6.93. The molecule has 2 heterocycles. The second kappa shape index (κ2) is 5.27. The topological polar surface area (TPSA) is 78.9 Å². The monoisotopic (exact) mass is 307 g/mol. The zero-order chi connectivity index (χ0) is 15.0. The molecule has 0 aliphatic carbocycles. The molecule has 0 spiro atoms. The predicted molar refractivity (Wildman–Crippen MR) is 81.0 cm³/mol. The third-order valence-corrected chi connectivity index (χ3v) is 4.11. The van der Waals surface area contributed by atoms with Crippen molar-refractivity contribution in [1.29, 1.82) is 0 Å². The van der Waals surface area contributed by atoms with Crippen LogP contribution in [-0.4, -0.2) is 32.4 Å². The van der Waals surface area contributed by atoms with Gasteiger partial charge in [-0.1, -0.05) is 11.6 Å². The Morgan fingerprint density at radius 3 is 2.95 bits per heavy atom. The van der Waals surface area contributed by atoms with Crippen molar-refractivity contribution in [3.8, 4) is 11.4 Å². The summed E-state index contributed by atoms with van der Waals surface area (Å²) in [5.74, 6) is 0.709. The molecule has 2 N–H and O–H groups in total. The van der Waals surface area contributed by atoms with Crippen molar-refractivity contribution in [2.24, 2.45) is 0 Å². The number of ether oxygens (including phenoxy) is 1. The Bertz CT molecular complexity index is 655. The number of rotatable bonds is 2. The second-order valence-corrected chi connectivity index (χ2v) is 6.35. The van der Waals surface area contributed by atoms with Crippen molar-refractivity contribution in [2.45, 2.75) is 38.3 Å². The lowest BCUT2D eigenvalue weighted by atomic mass is 9.94. The van der Waals surface area contributed by atoms with Crippen molar-refractivity contribution in [3.63, 3.8) is 0 Å². The number of hydrogen-bond acceptors (Lipinski definition) is 5. The number of nitrogen functional groups attached to an aromatic ring is 1. The minimum atomic E-state index is -0.162. The number of benzene rings is 1. The summed E-state index contributed by atoms with van der Waals surface area (Å²) in [7, 11) is 0. The molecule has 21 heavy (non-hydrogen) atoms. The third-order valence-electron chi connectivity index (χ3n) is 3.76. The van der Waals surface area contributed by atoms with Gasteiger partial charge in [-0.3, -0.25) is 0 Å².